The van der Waals surface area contributed by atoms with E-state index in [2.05, 4.69) is 0 Å². The molecule has 2 aliphatic rings. The molecule has 0 aliphatic carbocycles. The van der Waals surface area contributed by atoms with E-state index in [-0.39, 0.29) is 17.9 Å². The molecular formula is C12H13FN2O3. The van der Waals surface area contributed by atoms with Crippen LogP contribution in [0.2, 0.25) is 0 Å². The van der Waals surface area contributed by atoms with Crippen LogP contribution in [0.3, 0.4) is 0 Å². The summed E-state index contributed by atoms with van der Waals surface area (Å²) < 4.78 is 19.6. The van der Waals surface area contributed by atoms with Gasteiger partial charge < -0.3 is 9.64 Å². The quantitative estimate of drug-likeness (QED) is 0.597. The molecule has 2 heterocycles. The number of hydrogen-bond acceptors (Lipinski definition) is 4. The standard InChI is InChI=1S/C12H13FN2O3/c13-11-5-8(15(16)17)1-4-12(11)14-6-9-2-3-10(7-14)18-9/h1,4-5,9-10H,2-3,6-7H2. The molecule has 0 saturated carbocycles. The van der Waals surface area contributed by atoms with Crippen molar-refractivity contribution in [2.75, 3.05) is 18.0 Å². The van der Waals surface area contributed by atoms with Crippen LogP contribution in [0, 0.1) is 15.9 Å². The van der Waals surface area contributed by atoms with Crippen LogP contribution in [0.1, 0.15) is 12.8 Å². The highest BCUT2D eigenvalue weighted by Gasteiger charge is 2.34. The third kappa shape index (κ3) is 1.92. The van der Waals surface area contributed by atoms with Crippen LogP contribution in [-0.4, -0.2) is 30.2 Å². The predicted octanol–water partition coefficient (Wildman–Crippen LogP) is 2.10. The van der Waals surface area contributed by atoms with Crippen molar-refractivity contribution in [2.45, 2.75) is 25.0 Å². The van der Waals surface area contributed by atoms with Crippen LogP contribution in [0.25, 0.3) is 0 Å². The second-order valence-corrected chi connectivity index (χ2v) is 4.76. The Bertz CT molecular complexity index is 482. The molecule has 0 spiro atoms. The smallest absolute Gasteiger partial charge is 0.272 e. The number of nitro groups is 1. The van der Waals surface area contributed by atoms with E-state index in [0.29, 0.717) is 18.8 Å². The molecule has 0 N–H and O–H groups in total. The van der Waals surface area contributed by atoms with Crippen molar-refractivity contribution in [2.24, 2.45) is 0 Å². The van der Waals surface area contributed by atoms with Gasteiger partial charge in [-0.05, 0) is 18.9 Å². The second kappa shape index (κ2) is 4.20. The van der Waals surface area contributed by atoms with Crippen LogP contribution < -0.4 is 4.90 Å². The summed E-state index contributed by atoms with van der Waals surface area (Å²) in [5.74, 6) is -0.537. The molecule has 0 aromatic heterocycles. The number of benzene rings is 1. The molecule has 2 saturated heterocycles. The first-order valence-corrected chi connectivity index (χ1v) is 5.98. The summed E-state index contributed by atoms with van der Waals surface area (Å²) in [6.45, 7) is 1.32. The molecule has 5 nitrogen and oxygen atoms in total. The summed E-state index contributed by atoms with van der Waals surface area (Å²) in [7, 11) is 0. The highest BCUT2D eigenvalue weighted by atomic mass is 19.1. The summed E-state index contributed by atoms with van der Waals surface area (Å²) >= 11 is 0. The maximum Gasteiger partial charge on any atom is 0.272 e. The Balaban J connectivity index is 1.86. The molecule has 1 aromatic carbocycles. The van der Waals surface area contributed by atoms with Gasteiger partial charge in [0.2, 0.25) is 0 Å². The van der Waals surface area contributed by atoms with E-state index in [1.165, 1.54) is 12.1 Å². The highest BCUT2D eigenvalue weighted by Crippen LogP contribution is 2.32. The van der Waals surface area contributed by atoms with Gasteiger partial charge in [0, 0.05) is 19.2 Å². The average molecular weight is 252 g/mol. The van der Waals surface area contributed by atoms with Gasteiger partial charge in [-0.25, -0.2) is 4.39 Å². The van der Waals surface area contributed by atoms with Crippen molar-refractivity contribution in [3.63, 3.8) is 0 Å². The Kier molecular flexibility index (Phi) is 2.66. The van der Waals surface area contributed by atoms with Gasteiger partial charge >= 0.3 is 0 Å². The van der Waals surface area contributed by atoms with Crippen molar-refractivity contribution < 1.29 is 14.1 Å². The van der Waals surface area contributed by atoms with Crippen LogP contribution in [0.15, 0.2) is 18.2 Å². The normalized spacial score (nSPS) is 26.4. The van der Waals surface area contributed by atoms with E-state index in [1.807, 2.05) is 4.90 Å². The zero-order valence-electron chi connectivity index (χ0n) is 9.71. The topological polar surface area (TPSA) is 55.6 Å². The fourth-order valence-electron chi connectivity index (χ4n) is 2.68. The molecule has 2 bridgehead atoms. The predicted molar refractivity (Wildman–Crippen MR) is 63.2 cm³/mol. The van der Waals surface area contributed by atoms with Crippen molar-refractivity contribution in [1.29, 1.82) is 0 Å². The third-order valence-corrected chi connectivity index (χ3v) is 3.53. The lowest BCUT2D eigenvalue weighted by Gasteiger charge is -2.33. The number of ether oxygens (including phenoxy) is 1. The minimum atomic E-state index is -0.587. The molecule has 1 aromatic rings. The number of hydrogen-bond donors (Lipinski definition) is 0. The minimum Gasteiger partial charge on any atom is -0.371 e. The molecule has 2 unspecified atom stereocenters. The Morgan fingerprint density at radius 2 is 2.00 bits per heavy atom. The fraction of sp³-hybridized carbons (Fsp3) is 0.500. The number of fused-ring (bicyclic) bond motifs is 2. The van der Waals surface area contributed by atoms with Gasteiger partial charge in [-0.1, -0.05) is 0 Å². The zero-order chi connectivity index (χ0) is 12.7. The van der Waals surface area contributed by atoms with Crippen molar-refractivity contribution >= 4 is 11.4 Å². The molecule has 96 valence electrons. The molecule has 0 radical (unpaired) electrons. The Morgan fingerprint density at radius 3 is 2.56 bits per heavy atom. The van der Waals surface area contributed by atoms with Gasteiger partial charge in [0.15, 0.2) is 5.82 Å². The first-order chi connectivity index (χ1) is 8.63. The maximum atomic E-state index is 13.9. The van der Waals surface area contributed by atoms with E-state index in [9.17, 15) is 14.5 Å². The fourth-order valence-corrected chi connectivity index (χ4v) is 2.68. The largest absolute Gasteiger partial charge is 0.371 e. The van der Waals surface area contributed by atoms with E-state index >= 15 is 0 Å². The summed E-state index contributed by atoms with van der Waals surface area (Å²) in [6.07, 6.45) is 2.35. The molecule has 2 atom stereocenters. The van der Waals surface area contributed by atoms with Crippen molar-refractivity contribution in [1.82, 2.24) is 0 Å². The number of nitrogens with zero attached hydrogens (tertiary/aromatic N) is 2. The Hall–Kier alpha value is -1.69. The first-order valence-electron chi connectivity index (χ1n) is 5.98. The van der Waals surface area contributed by atoms with Crippen LogP contribution in [-0.2, 0) is 4.74 Å². The lowest BCUT2D eigenvalue weighted by molar-refractivity contribution is -0.385. The van der Waals surface area contributed by atoms with E-state index in [0.717, 1.165) is 18.9 Å². The SMILES string of the molecule is O=[N+]([O-])c1ccc(N2CC3CCC(C2)O3)c(F)c1. The van der Waals surface area contributed by atoms with Gasteiger partial charge in [-0.15, -0.1) is 0 Å². The third-order valence-electron chi connectivity index (χ3n) is 3.53. The summed E-state index contributed by atoms with van der Waals surface area (Å²) in [5, 5.41) is 10.6. The maximum absolute atomic E-state index is 13.9. The Morgan fingerprint density at radius 1 is 1.33 bits per heavy atom. The van der Waals surface area contributed by atoms with Gasteiger partial charge in [0.1, 0.15) is 0 Å². The first kappa shape index (κ1) is 11.4. The summed E-state index contributed by atoms with van der Waals surface area (Å²) in [6, 6.07) is 3.81. The highest BCUT2D eigenvalue weighted by molar-refractivity contribution is 5.53. The molecule has 3 rings (SSSR count). The van der Waals surface area contributed by atoms with E-state index in [4.69, 9.17) is 4.74 Å². The van der Waals surface area contributed by atoms with Crippen LogP contribution >= 0.6 is 0 Å². The Labute approximate surface area is 103 Å². The lowest BCUT2D eigenvalue weighted by Crippen LogP contribution is -2.43. The average Bonchev–Trinajstić information content (AvgIpc) is 2.68. The molecular weight excluding hydrogens is 239 g/mol. The number of non-ortho nitro benzene ring substituents is 1. The van der Waals surface area contributed by atoms with E-state index < -0.39 is 10.7 Å². The summed E-state index contributed by atoms with van der Waals surface area (Å²) in [5.41, 5.74) is 0.216. The summed E-state index contributed by atoms with van der Waals surface area (Å²) in [4.78, 5) is 11.9. The molecule has 2 fully saturated rings. The lowest BCUT2D eigenvalue weighted by atomic mass is 10.2. The van der Waals surface area contributed by atoms with Gasteiger partial charge in [0.05, 0.1) is 28.9 Å². The molecule has 0 amide bonds. The van der Waals surface area contributed by atoms with E-state index in [1.54, 1.807) is 0 Å². The van der Waals surface area contributed by atoms with Crippen LogP contribution in [0.4, 0.5) is 15.8 Å². The number of morpholine rings is 1. The van der Waals surface area contributed by atoms with Crippen LogP contribution in [0.5, 0.6) is 0 Å². The number of halogens is 1. The van der Waals surface area contributed by atoms with Gasteiger partial charge in [0.25, 0.3) is 5.69 Å². The van der Waals surface area contributed by atoms with Gasteiger partial charge in [-0.3, -0.25) is 10.1 Å². The zero-order valence-corrected chi connectivity index (χ0v) is 9.71. The second-order valence-electron chi connectivity index (χ2n) is 4.76. The number of anilines is 1. The molecule has 18 heavy (non-hydrogen) atoms. The number of rotatable bonds is 2. The van der Waals surface area contributed by atoms with Crippen molar-refractivity contribution in [3.05, 3.63) is 34.1 Å². The minimum absolute atomic E-state index is 0.165. The molecule has 2 aliphatic heterocycles. The monoisotopic (exact) mass is 252 g/mol. The van der Waals surface area contributed by atoms with Crippen molar-refractivity contribution in [3.8, 4) is 0 Å². The van der Waals surface area contributed by atoms with Gasteiger partial charge in [-0.2, -0.15) is 0 Å². The molecule has 6 heteroatoms. The number of nitro benzene ring substituents is 1.